The minimum absolute atomic E-state index is 0.0784. The minimum Gasteiger partial charge on any atom is -0.480 e. The van der Waals surface area contributed by atoms with Crippen molar-refractivity contribution in [2.45, 2.75) is 45.2 Å². The number of carbonyl (C=O) groups excluding carboxylic acids is 2. The van der Waals surface area contributed by atoms with Crippen LogP contribution in [0.25, 0.3) is 0 Å². The molecular weight excluding hydrogens is 210 g/mol. The average Bonchev–Trinajstić information content (AvgIpc) is 2.39. The molecule has 2 atom stereocenters. The number of aliphatic carboxylic acids is 1. The largest absolute Gasteiger partial charge is 0.480 e. The molecule has 88 valence electrons. The predicted molar refractivity (Wildman–Crippen MR) is 54.7 cm³/mol. The van der Waals surface area contributed by atoms with Crippen LogP contribution in [0.4, 0.5) is 0 Å². The predicted octanol–water partition coefficient (Wildman–Crippen LogP) is 0.430. The fourth-order valence-electron chi connectivity index (χ4n) is 2.80. The van der Waals surface area contributed by atoms with Crippen LogP contribution in [0.3, 0.4) is 0 Å². The van der Waals surface area contributed by atoms with Crippen LogP contribution in [0.15, 0.2) is 0 Å². The Hall–Kier alpha value is -1.39. The number of carbonyl (C=O) groups is 3. The molecule has 2 unspecified atom stereocenters. The van der Waals surface area contributed by atoms with Crippen LogP contribution < -0.4 is 0 Å². The van der Waals surface area contributed by atoms with Gasteiger partial charge in [0.1, 0.15) is 11.8 Å². The Morgan fingerprint density at radius 2 is 2.06 bits per heavy atom. The van der Waals surface area contributed by atoms with Gasteiger partial charge in [0, 0.05) is 12.5 Å². The lowest BCUT2D eigenvalue weighted by Gasteiger charge is -2.36. The number of fused-ring (bicyclic) bond motifs is 1. The first-order valence-corrected chi connectivity index (χ1v) is 5.38. The first-order chi connectivity index (χ1) is 7.33. The molecule has 2 fully saturated rings. The molecule has 2 rings (SSSR count). The van der Waals surface area contributed by atoms with E-state index in [9.17, 15) is 14.4 Å². The summed E-state index contributed by atoms with van der Waals surface area (Å²) in [4.78, 5) is 35.6. The second-order valence-corrected chi connectivity index (χ2v) is 5.28. The van der Waals surface area contributed by atoms with Crippen molar-refractivity contribution in [2.24, 2.45) is 5.41 Å². The number of rotatable bonds is 1. The van der Waals surface area contributed by atoms with Crippen LogP contribution in [0, 0.1) is 5.41 Å². The number of piperidine rings is 1. The van der Waals surface area contributed by atoms with E-state index in [1.165, 1.54) is 4.90 Å². The lowest BCUT2D eigenvalue weighted by Crippen LogP contribution is -2.51. The SMILES string of the molecule is CC1(C)CC(C(=O)O)N2C(=O)CC(=O)CC21. The third kappa shape index (κ3) is 1.50. The Labute approximate surface area is 93.4 Å². The molecule has 0 radical (unpaired) electrons. The lowest BCUT2D eigenvalue weighted by molar-refractivity contribution is -0.153. The molecule has 2 heterocycles. The zero-order chi connectivity index (χ0) is 12.1. The second kappa shape index (κ2) is 3.30. The Balaban J connectivity index is 2.36. The average molecular weight is 225 g/mol. The number of hydrogen-bond acceptors (Lipinski definition) is 3. The highest BCUT2D eigenvalue weighted by Gasteiger charge is 2.53. The number of carboxylic acids is 1. The summed E-state index contributed by atoms with van der Waals surface area (Å²) in [5.74, 6) is -1.39. The van der Waals surface area contributed by atoms with Gasteiger partial charge in [0.25, 0.3) is 0 Å². The van der Waals surface area contributed by atoms with Gasteiger partial charge in [-0.25, -0.2) is 4.79 Å². The molecule has 2 saturated heterocycles. The van der Waals surface area contributed by atoms with Gasteiger partial charge in [0.2, 0.25) is 5.91 Å². The summed E-state index contributed by atoms with van der Waals surface area (Å²) in [5, 5.41) is 9.09. The van der Waals surface area contributed by atoms with Crippen molar-refractivity contribution in [1.82, 2.24) is 4.90 Å². The number of ketones is 1. The number of Topliss-reactive ketones (excluding diaryl/α,β-unsaturated/α-hetero) is 1. The summed E-state index contributed by atoms with van der Waals surface area (Å²) in [5.41, 5.74) is -0.297. The number of amides is 1. The van der Waals surface area contributed by atoms with Gasteiger partial charge in [0.05, 0.1) is 6.42 Å². The van der Waals surface area contributed by atoms with Gasteiger partial charge >= 0.3 is 5.97 Å². The van der Waals surface area contributed by atoms with E-state index in [0.717, 1.165) is 0 Å². The first kappa shape index (κ1) is 11.1. The van der Waals surface area contributed by atoms with Crippen LogP contribution in [0.2, 0.25) is 0 Å². The normalized spacial score (nSPS) is 32.8. The highest BCUT2D eigenvalue weighted by Crippen LogP contribution is 2.44. The van der Waals surface area contributed by atoms with Gasteiger partial charge in [-0.05, 0) is 11.8 Å². The molecule has 16 heavy (non-hydrogen) atoms. The van der Waals surface area contributed by atoms with Crippen molar-refractivity contribution in [3.8, 4) is 0 Å². The summed E-state index contributed by atoms with van der Waals surface area (Å²) in [7, 11) is 0. The quantitative estimate of drug-likeness (QED) is 0.657. The molecule has 2 aliphatic rings. The van der Waals surface area contributed by atoms with E-state index in [-0.39, 0.29) is 29.6 Å². The molecule has 0 aliphatic carbocycles. The molecule has 1 amide bonds. The van der Waals surface area contributed by atoms with Gasteiger partial charge in [-0.1, -0.05) is 13.8 Å². The van der Waals surface area contributed by atoms with Gasteiger partial charge < -0.3 is 10.0 Å². The van der Waals surface area contributed by atoms with Crippen LogP contribution in [-0.2, 0) is 14.4 Å². The first-order valence-electron chi connectivity index (χ1n) is 5.38. The van der Waals surface area contributed by atoms with Gasteiger partial charge in [-0.3, -0.25) is 9.59 Å². The monoisotopic (exact) mass is 225 g/mol. The zero-order valence-corrected chi connectivity index (χ0v) is 9.40. The molecule has 0 bridgehead atoms. The molecule has 0 saturated carbocycles. The van der Waals surface area contributed by atoms with E-state index in [0.29, 0.717) is 12.8 Å². The highest BCUT2D eigenvalue weighted by molar-refractivity contribution is 6.02. The fourth-order valence-corrected chi connectivity index (χ4v) is 2.80. The molecule has 0 spiro atoms. The zero-order valence-electron chi connectivity index (χ0n) is 9.40. The third-order valence-corrected chi connectivity index (χ3v) is 3.64. The smallest absolute Gasteiger partial charge is 0.326 e. The maximum absolute atomic E-state index is 11.7. The van der Waals surface area contributed by atoms with Crippen molar-refractivity contribution in [2.75, 3.05) is 0 Å². The van der Waals surface area contributed by atoms with Crippen molar-refractivity contribution in [1.29, 1.82) is 0 Å². The number of nitrogens with zero attached hydrogens (tertiary/aromatic N) is 1. The second-order valence-electron chi connectivity index (χ2n) is 5.28. The van der Waals surface area contributed by atoms with Gasteiger partial charge in [-0.2, -0.15) is 0 Å². The van der Waals surface area contributed by atoms with Crippen molar-refractivity contribution >= 4 is 17.7 Å². The topological polar surface area (TPSA) is 74.7 Å². The highest BCUT2D eigenvalue weighted by atomic mass is 16.4. The van der Waals surface area contributed by atoms with Crippen molar-refractivity contribution < 1.29 is 19.5 Å². The van der Waals surface area contributed by atoms with Crippen LogP contribution in [0.1, 0.15) is 33.1 Å². The van der Waals surface area contributed by atoms with E-state index in [2.05, 4.69) is 0 Å². The van der Waals surface area contributed by atoms with E-state index >= 15 is 0 Å². The summed E-state index contributed by atoms with van der Waals surface area (Å²) < 4.78 is 0. The van der Waals surface area contributed by atoms with E-state index in [1.807, 2.05) is 13.8 Å². The summed E-state index contributed by atoms with van der Waals surface area (Å²) in [6, 6.07) is -1.01. The summed E-state index contributed by atoms with van der Waals surface area (Å²) in [6.07, 6.45) is 0.574. The van der Waals surface area contributed by atoms with E-state index in [4.69, 9.17) is 5.11 Å². The summed E-state index contributed by atoms with van der Waals surface area (Å²) >= 11 is 0. The Morgan fingerprint density at radius 3 is 2.62 bits per heavy atom. The standard InChI is InChI=1S/C11H15NO4/c1-11(2)5-7(10(15)16)12-8(11)3-6(13)4-9(12)14/h7-8H,3-5H2,1-2H3,(H,15,16). The van der Waals surface area contributed by atoms with Crippen molar-refractivity contribution in [3.05, 3.63) is 0 Å². The maximum Gasteiger partial charge on any atom is 0.326 e. The van der Waals surface area contributed by atoms with E-state index < -0.39 is 12.0 Å². The lowest BCUT2D eigenvalue weighted by atomic mass is 9.80. The Morgan fingerprint density at radius 1 is 1.44 bits per heavy atom. The fraction of sp³-hybridized carbons (Fsp3) is 0.727. The molecule has 2 aliphatic heterocycles. The van der Waals surface area contributed by atoms with E-state index in [1.54, 1.807) is 0 Å². The van der Waals surface area contributed by atoms with Crippen LogP contribution in [0.5, 0.6) is 0 Å². The minimum atomic E-state index is -0.974. The van der Waals surface area contributed by atoms with Crippen LogP contribution >= 0.6 is 0 Å². The summed E-state index contributed by atoms with van der Waals surface area (Å²) in [6.45, 7) is 3.83. The molecule has 0 aromatic rings. The number of carboxylic acid groups (broad SMARTS) is 1. The maximum atomic E-state index is 11.7. The Bertz CT molecular complexity index is 374. The molecule has 0 aromatic carbocycles. The third-order valence-electron chi connectivity index (χ3n) is 3.64. The van der Waals surface area contributed by atoms with Crippen LogP contribution in [-0.4, -0.2) is 39.7 Å². The molecular formula is C11H15NO4. The molecule has 0 aromatic heterocycles. The van der Waals surface area contributed by atoms with Gasteiger partial charge in [-0.15, -0.1) is 0 Å². The Kier molecular flexibility index (Phi) is 2.29. The van der Waals surface area contributed by atoms with Gasteiger partial charge in [0.15, 0.2) is 0 Å². The molecule has 5 nitrogen and oxygen atoms in total. The number of hydrogen-bond donors (Lipinski definition) is 1. The van der Waals surface area contributed by atoms with Crippen molar-refractivity contribution in [3.63, 3.8) is 0 Å². The molecule has 1 N–H and O–H groups in total. The molecule has 5 heteroatoms.